The monoisotopic (exact) mass is 279 g/mol. The summed E-state index contributed by atoms with van der Waals surface area (Å²) in [6.07, 6.45) is 1.92. The van der Waals surface area contributed by atoms with E-state index < -0.39 is 5.54 Å². The van der Waals surface area contributed by atoms with Crippen molar-refractivity contribution < 1.29 is 14.3 Å². The van der Waals surface area contributed by atoms with Crippen LogP contribution in [-0.2, 0) is 20.7 Å². The molecule has 0 saturated heterocycles. The van der Waals surface area contributed by atoms with E-state index >= 15 is 0 Å². The van der Waals surface area contributed by atoms with Crippen molar-refractivity contribution in [3.63, 3.8) is 0 Å². The van der Waals surface area contributed by atoms with Crippen molar-refractivity contribution in [3.05, 3.63) is 35.9 Å². The van der Waals surface area contributed by atoms with Gasteiger partial charge in [-0.3, -0.25) is 0 Å². The second-order valence-corrected chi connectivity index (χ2v) is 5.00. The molecule has 112 valence electrons. The highest BCUT2D eigenvalue weighted by atomic mass is 16.5. The Morgan fingerprint density at radius 2 is 2.00 bits per heavy atom. The molecular formula is C16H25NO3. The van der Waals surface area contributed by atoms with Crippen molar-refractivity contribution in [1.82, 2.24) is 5.32 Å². The highest BCUT2D eigenvalue weighted by molar-refractivity contribution is 5.80. The standard InChI is InChI=1S/C16H25NO3/c1-4-17-16(2,15(18)19-3)13-20-12-8-11-14-9-6-5-7-10-14/h5-7,9-10,17H,4,8,11-13H2,1-3H3. The zero-order chi connectivity index (χ0) is 14.8. The Morgan fingerprint density at radius 1 is 1.30 bits per heavy atom. The fraction of sp³-hybridized carbons (Fsp3) is 0.562. The Hall–Kier alpha value is -1.39. The third-order valence-corrected chi connectivity index (χ3v) is 3.19. The predicted octanol–water partition coefficient (Wildman–Crippen LogP) is 2.18. The zero-order valence-electron chi connectivity index (χ0n) is 12.6. The molecule has 0 aliphatic heterocycles. The maximum atomic E-state index is 11.7. The van der Waals surface area contributed by atoms with Gasteiger partial charge in [-0.2, -0.15) is 0 Å². The van der Waals surface area contributed by atoms with E-state index in [0.717, 1.165) is 12.8 Å². The number of benzene rings is 1. The molecule has 0 aliphatic carbocycles. The van der Waals surface area contributed by atoms with Crippen molar-refractivity contribution in [1.29, 1.82) is 0 Å². The molecule has 1 atom stereocenters. The first-order chi connectivity index (χ1) is 9.62. The van der Waals surface area contributed by atoms with Crippen LogP contribution in [0.1, 0.15) is 25.8 Å². The van der Waals surface area contributed by atoms with Crippen molar-refractivity contribution in [2.75, 3.05) is 26.9 Å². The summed E-state index contributed by atoms with van der Waals surface area (Å²) in [4.78, 5) is 11.7. The fourth-order valence-electron chi connectivity index (χ4n) is 2.10. The van der Waals surface area contributed by atoms with Crippen LogP contribution >= 0.6 is 0 Å². The molecular weight excluding hydrogens is 254 g/mol. The van der Waals surface area contributed by atoms with Gasteiger partial charge in [0.05, 0.1) is 13.7 Å². The number of hydrogen-bond donors (Lipinski definition) is 1. The molecule has 4 heteroatoms. The van der Waals surface area contributed by atoms with Crippen LogP contribution in [0.25, 0.3) is 0 Å². The number of carbonyl (C=O) groups excluding carboxylic acids is 1. The maximum absolute atomic E-state index is 11.7. The number of ether oxygens (including phenoxy) is 2. The quantitative estimate of drug-likeness (QED) is 0.556. The molecule has 1 unspecified atom stereocenters. The SMILES string of the molecule is CCNC(C)(COCCCc1ccccc1)C(=O)OC. The lowest BCUT2D eigenvalue weighted by atomic mass is 10.0. The van der Waals surface area contributed by atoms with Gasteiger partial charge in [-0.15, -0.1) is 0 Å². The van der Waals surface area contributed by atoms with E-state index in [9.17, 15) is 4.79 Å². The van der Waals surface area contributed by atoms with E-state index in [-0.39, 0.29) is 5.97 Å². The van der Waals surface area contributed by atoms with Gasteiger partial charge in [-0.1, -0.05) is 37.3 Å². The average Bonchev–Trinajstić information content (AvgIpc) is 2.47. The van der Waals surface area contributed by atoms with Gasteiger partial charge in [-0.25, -0.2) is 4.79 Å². The van der Waals surface area contributed by atoms with E-state index in [2.05, 4.69) is 17.4 Å². The van der Waals surface area contributed by atoms with Crippen LogP contribution in [0.4, 0.5) is 0 Å². The molecule has 0 radical (unpaired) electrons. The van der Waals surface area contributed by atoms with Gasteiger partial charge in [0.15, 0.2) is 0 Å². The molecule has 0 aromatic heterocycles. The summed E-state index contributed by atoms with van der Waals surface area (Å²) in [6, 6.07) is 10.3. The van der Waals surface area contributed by atoms with Crippen LogP contribution in [-0.4, -0.2) is 38.4 Å². The highest BCUT2D eigenvalue weighted by Gasteiger charge is 2.33. The Morgan fingerprint density at radius 3 is 2.60 bits per heavy atom. The maximum Gasteiger partial charge on any atom is 0.328 e. The average molecular weight is 279 g/mol. The molecule has 0 bridgehead atoms. The summed E-state index contributed by atoms with van der Waals surface area (Å²) < 4.78 is 10.4. The van der Waals surface area contributed by atoms with Crippen LogP contribution in [0.5, 0.6) is 0 Å². The first kappa shape index (κ1) is 16.7. The molecule has 20 heavy (non-hydrogen) atoms. The Bertz CT molecular complexity index is 394. The van der Waals surface area contributed by atoms with Gasteiger partial charge >= 0.3 is 5.97 Å². The normalized spacial score (nSPS) is 13.8. The van der Waals surface area contributed by atoms with E-state index in [1.807, 2.05) is 25.1 Å². The summed E-state index contributed by atoms with van der Waals surface area (Å²) in [5.41, 5.74) is 0.537. The van der Waals surface area contributed by atoms with E-state index in [0.29, 0.717) is 19.8 Å². The molecule has 4 nitrogen and oxygen atoms in total. The van der Waals surface area contributed by atoms with Crippen LogP contribution in [0.3, 0.4) is 0 Å². The number of hydrogen-bond acceptors (Lipinski definition) is 4. The fourth-order valence-corrected chi connectivity index (χ4v) is 2.10. The first-order valence-electron chi connectivity index (χ1n) is 7.07. The second kappa shape index (κ2) is 8.72. The van der Waals surface area contributed by atoms with Crippen LogP contribution in [0, 0.1) is 0 Å². The second-order valence-electron chi connectivity index (χ2n) is 5.00. The predicted molar refractivity (Wildman–Crippen MR) is 79.7 cm³/mol. The molecule has 0 heterocycles. The molecule has 0 saturated carbocycles. The van der Waals surface area contributed by atoms with E-state index in [4.69, 9.17) is 9.47 Å². The number of rotatable bonds is 9. The Labute approximate surface area is 121 Å². The minimum Gasteiger partial charge on any atom is -0.468 e. The number of carbonyl (C=O) groups is 1. The van der Waals surface area contributed by atoms with Crippen LogP contribution in [0.2, 0.25) is 0 Å². The van der Waals surface area contributed by atoms with Crippen molar-refractivity contribution >= 4 is 5.97 Å². The van der Waals surface area contributed by atoms with Crippen molar-refractivity contribution in [3.8, 4) is 0 Å². The number of methoxy groups -OCH3 is 1. The van der Waals surface area contributed by atoms with Gasteiger partial charge in [0.2, 0.25) is 0 Å². The summed E-state index contributed by atoms with van der Waals surface area (Å²) in [5, 5.41) is 3.12. The molecule has 0 amide bonds. The number of esters is 1. The molecule has 0 aliphatic rings. The lowest BCUT2D eigenvalue weighted by Gasteiger charge is -2.27. The number of nitrogens with one attached hydrogen (secondary N) is 1. The largest absolute Gasteiger partial charge is 0.468 e. The summed E-state index contributed by atoms with van der Waals surface area (Å²) >= 11 is 0. The minimum absolute atomic E-state index is 0.289. The Balaban J connectivity index is 2.29. The van der Waals surface area contributed by atoms with Crippen LogP contribution < -0.4 is 5.32 Å². The molecule has 0 fully saturated rings. The molecule has 1 N–H and O–H groups in total. The van der Waals surface area contributed by atoms with Crippen molar-refractivity contribution in [2.45, 2.75) is 32.2 Å². The van der Waals surface area contributed by atoms with Gasteiger partial charge in [0, 0.05) is 6.61 Å². The zero-order valence-corrected chi connectivity index (χ0v) is 12.6. The van der Waals surface area contributed by atoms with Crippen molar-refractivity contribution in [2.24, 2.45) is 0 Å². The minimum atomic E-state index is -0.768. The molecule has 0 spiro atoms. The number of aryl methyl sites for hydroxylation is 1. The van der Waals surface area contributed by atoms with E-state index in [1.54, 1.807) is 6.92 Å². The topological polar surface area (TPSA) is 47.6 Å². The molecule has 1 aromatic carbocycles. The van der Waals surface area contributed by atoms with Gasteiger partial charge in [0.1, 0.15) is 5.54 Å². The van der Waals surface area contributed by atoms with Crippen LogP contribution in [0.15, 0.2) is 30.3 Å². The number of likely N-dealkylation sites (N-methyl/N-ethyl adjacent to an activating group) is 1. The van der Waals surface area contributed by atoms with Gasteiger partial charge in [-0.05, 0) is 31.9 Å². The summed E-state index contributed by atoms with van der Waals surface area (Å²) in [6.45, 7) is 5.41. The third kappa shape index (κ3) is 5.31. The summed E-state index contributed by atoms with van der Waals surface area (Å²) in [7, 11) is 1.40. The highest BCUT2D eigenvalue weighted by Crippen LogP contribution is 2.08. The lowest BCUT2D eigenvalue weighted by molar-refractivity contribution is -0.150. The van der Waals surface area contributed by atoms with Gasteiger partial charge < -0.3 is 14.8 Å². The molecule has 1 rings (SSSR count). The molecule has 1 aromatic rings. The lowest BCUT2D eigenvalue weighted by Crippen LogP contribution is -2.53. The Kier molecular flexibility index (Phi) is 7.26. The van der Waals surface area contributed by atoms with E-state index in [1.165, 1.54) is 12.7 Å². The van der Waals surface area contributed by atoms with Gasteiger partial charge in [0.25, 0.3) is 0 Å². The first-order valence-corrected chi connectivity index (χ1v) is 7.07. The third-order valence-electron chi connectivity index (χ3n) is 3.19. The summed E-state index contributed by atoms with van der Waals surface area (Å²) in [5.74, 6) is -0.289. The smallest absolute Gasteiger partial charge is 0.328 e.